The Kier molecular flexibility index (Phi) is 15.3. The van der Waals surface area contributed by atoms with Crippen LogP contribution in [0.15, 0.2) is 0 Å². The van der Waals surface area contributed by atoms with Crippen LogP contribution >= 0.6 is 0 Å². The summed E-state index contributed by atoms with van der Waals surface area (Å²) >= 11 is 0. The van der Waals surface area contributed by atoms with Gasteiger partial charge in [0.1, 0.15) is 6.61 Å². The van der Waals surface area contributed by atoms with Gasteiger partial charge in [0, 0.05) is 6.61 Å². The Morgan fingerprint density at radius 3 is 1.71 bits per heavy atom. The fraction of sp³-hybridized carbons (Fsp3) is 0.933. The molecule has 0 aliphatic heterocycles. The lowest BCUT2D eigenvalue weighted by Gasteiger charge is -2.02. The lowest BCUT2D eigenvalue weighted by molar-refractivity contribution is 0.164. The Balaban J connectivity index is 2.87. The molecule has 0 aromatic rings. The summed E-state index contributed by atoms with van der Waals surface area (Å²) in [5.41, 5.74) is 0. The third kappa shape index (κ3) is 15.6. The van der Waals surface area contributed by atoms with Gasteiger partial charge in [-0.2, -0.15) is 0 Å². The van der Waals surface area contributed by atoms with E-state index >= 15 is 0 Å². The van der Waals surface area contributed by atoms with Gasteiger partial charge in [-0.25, -0.2) is 0 Å². The molecule has 0 saturated heterocycles. The summed E-state index contributed by atoms with van der Waals surface area (Å²) in [6, 6.07) is 0. The molecule has 0 aromatic heterocycles. The first kappa shape index (κ1) is 16.6. The molecule has 0 N–H and O–H groups in total. The molecule has 0 saturated carbocycles. The smallest absolute Gasteiger partial charge is 0.226 e. The minimum Gasteiger partial charge on any atom is -0.373 e. The van der Waals surface area contributed by atoms with Gasteiger partial charge in [-0.1, -0.05) is 71.1 Å². The van der Waals surface area contributed by atoms with Crippen LogP contribution in [0.4, 0.5) is 0 Å². The van der Waals surface area contributed by atoms with Crippen molar-refractivity contribution in [3.63, 3.8) is 0 Å². The van der Waals surface area contributed by atoms with Gasteiger partial charge in [0.25, 0.3) is 0 Å². The highest BCUT2D eigenvalue weighted by Crippen LogP contribution is 2.11. The zero-order valence-corrected chi connectivity index (χ0v) is 11.5. The molecule has 0 fully saturated rings. The van der Waals surface area contributed by atoms with Gasteiger partial charge < -0.3 is 4.74 Å². The van der Waals surface area contributed by atoms with Crippen LogP contribution < -0.4 is 0 Å². The number of unbranched alkanes of at least 4 members (excludes halogenated alkanes) is 10. The third-order valence-electron chi connectivity index (χ3n) is 3.05. The van der Waals surface area contributed by atoms with Crippen LogP contribution in [-0.2, 0) is 9.53 Å². The van der Waals surface area contributed by atoms with Crippen molar-refractivity contribution in [1.29, 1.82) is 0 Å². The summed E-state index contributed by atoms with van der Waals surface area (Å²) in [5, 5.41) is 0. The molecule has 2 heteroatoms. The zero-order valence-electron chi connectivity index (χ0n) is 11.5. The maximum absolute atomic E-state index is 9.86. The fourth-order valence-electron chi connectivity index (χ4n) is 1.98. The second-order valence-corrected chi connectivity index (χ2v) is 4.73. The highest BCUT2D eigenvalue weighted by atomic mass is 16.5. The van der Waals surface area contributed by atoms with Crippen LogP contribution in [0.25, 0.3) is 0 Å². The monoisotopic (exact) mass is 241 g/mol. The molecule has 0 unspecified atom stereocenters. The summed E-state index contributed by atoms with van der Waals surface area (Å²) < 4.78 is 5.04. The van der Waals surface area contributed by atoms with E-state index in [1.54, 1.807) is 6.29 Å². The van der Waals surface area contributed by atoms with E-state index in [0.717, 1.165) is 6.42 Å². The quantitative estimate of drug-likeness (QED) is 0.421. The molecule has 1 radical (unpaired) electrons. The van der Waals surface area contributed by atoms with E-state index in [1.807, 2.05) is 0 Å². The van der Waals surface area contributed by atoms with Crippen LogP contribution in [-0.4, -0.2) is 19.5 Å². The molecule has 0 bridgehead atoms. The van der Waals surface area contributed by atoms with Gasteiger partial charge >= 0.3 is 0 Å². The van der Waals surface area contributed by atoms with Crippen molar-refractivity contribution in [3.8, 4) is 0 Å². The van der Waals surface area contributed by atoms with Crippen molar-refractivity contribution in [2.45, 2.75) is 77.6 Å². The first-order chi connectivity index (χ1) is 8.41. The highest BCUT2D eigenvalue weighted by Gasteiger charge is 1.93. The van der Waals surface area contributed by atoms with Gasteiger partial charge in [-0.05, 0) is 6.42 Å². The Morgan fingerprint density at radius 2 is 1.24 bits per heavy atom. The van der Waals surface area contributed by atoms with Gasteiger partial charge in [-0.3, -0.25) is 4.79 Å². The number of ether oxygens (including phenoxy) is 1. The van der Waals surface area contributed by atoms with E-state index in [1.165, 1.54) is 64.2 Å². The second-order valence-electron chi connectivity index (χ2n) is 4.73. The van der Waals surface area contributed by atoms with Crippen LogP contribution in [0.5, 0.6) is 0 Å². The molecule has 0 aromatic carbocycles. The standard InChI is InChI=1S/C15H29O2/c1-2-3-4-5-6-7-8-9-10-11-12-14-17-15-13-16/h2-12,14-15H2,1H3. The predicted molar refractivity (Wildman–Crippen MR) is 73.0 cm³/mol. The van der Waals surface area contributed by atoms with Crippen molar-refractivity contribution in [3.05, 3.63) is 0 Å². The number of hydrogen-bond acceptors (Lipinski definition) is 2. The lowest BCUT2D eigenvalue weighted by Crippen LogP contribution is -1.97. The van der Waals surface area contributed by atoms with Gasteiger partial charge in [0.05, 0.1) is 0 Å². The van der Waals surface area contributed by atoms with E-state index in [-0.39, 0.29) is 6.61 Å². The second kappa shape index (κ2) is 15.6. The van der Waals surface area contributed by atoms with Crippen LogP contribution in [0.1, 0.15) is 77.6 Å². The molecular formula is C15H29O2. The van der Waals surface area contributed by atoms with Crippen LogP contribution in [0.3, 0.4) is 0 Å². The summed E-state index contributed by atoms with van der Waals surface area (Å²) in [6.45, 7) is 3.11. The fourth-order valence-corrected chi connectivity index (χ4v) is 1.98. The van der Waals surface area contributed by atoms with E-state index in [0.29, 0.717) is 6.61 Å². The Morgan fingerprint density at radius 1 is 0.765 bits per heavy atom. The predicted octanol–water partition coefficient (Wildman–Crippen LogP) is 4.42. The Labute approximate surface area is 107 Å². The van der Waals surface area contributed by atoms with Crippen LogP contribution in [0.2, 0.25) is 0 Å². The highest BCUT2D eigenvalue weighted by molar-refractivity contribution is 5.51. The first-order valence-corrected chi connectivity index (χ1v) is 7.34. The van der Waals surface area contributed by atoms with Crippen molar-refractivity contribution in [2.24, 2.45) is 0 Å². The molecule has 0 rings (SSSR count). The number of carbonyl (C=O) groups excluding carboxylic acids is 1. The number of rotatable bonds is 14. The molecular weight excluding hydrogens is 212 g/mol. The van der Waals surface area contributed by atoms with Crippen molar-refractivity contribution < 1.29 is 9.53 Å². The normalized spacial score (nSPS) is 10.6. The van der Waals surface area contributed by atoms with E-state index in [9.17, 15) is 4.79 Å². The Hall–Kier alpha value is -0.370. The lowest BCUT2D eigenvalue weighted by atomic mass is 10.1. The SMILES string of the molecule is CCCCCCCCCCCCCOC[C]=O. The first-order valence-electron chi connectivity index (χ1n) is 7.34. The summed E-state index contributed by atoms with van der Waals surface area (Å²) in [6.07, 6.45) is 16.5. The van der Waals surface area contributed by atoms with Gasteiger partial charge in [0.2, 0.25) is 6.29 Å². The molecule has 0 amide bonds. The zero-order chi connectivity index (χ0) is 12.6. The summed E-state index contributed by atoms with van der Waals surface area (Å²) in [5.74, 6) is 0. The van der Waals surface area contributed by atoms with E-state index in [4.69, 9.17) is 4.74 Å². The van der Waals surface area contributed by atoms with Gasteiger partial charge in [-0.15, -0.1) is 0 Å². The van der Waals surface area contributed by atoms with Crippen molar-refractivity contribution in [1.82, 2.24) is 0 Å². The average molecular weight is 241 g/mol. The summed E-state index contributed by atoms with van der Waals surface area (Å²) in [7, 11) is 0. The van der Waals surface area contributed by atoms with Crippen molar-refractivity contribution in [2.75, 3.05) is 13.2 Å². The molecule has 0 atom stereocenters. The number of hydrogen-bond donors (Lipinski definition) is 0. The molecule has 0 spiro atoms. The van der Waals surface area contributed by atoms with E-state index in [2.05, 4.69) is 6.92 Å². The van der Waals surface area contributed by atoms with E-state index < -0.39 is 0 Å². The largest absolute Gasteiger partial charge is 0.373 e. The Bertz CT molecular complexity index is 146. The van der Waals surface area contributed by atoms with Crippen molar-refractivity contribution >= 4 is 6.29 Å². The molecule has 101 valence electrons. The average Bonchev–Trinajstić information content (AvgIpc) is 2.35. The molecule has 0 aliphatic rings. The molecule has 0 aliphatic carbocycles. The van der Waals surface area contributed by atoms with Gasteiger partial charge in [0.15, 0.2) is 0 Å². The maximum atomic E-state index is 9.86. The minimum absolute atomic E-state index is 0.137. The maximum Gasteiger partial charge on any atom is 0.226 e. The third-order valence-corrected chi connectivity index (χ3v) is 3.05. The molecule has 17 heavy (non-hydrogen) atoms. The summed E-state index contributed by atoms with van der Waals surface area (Å²) in [4.78, 5) is 9.86. The molecule has 2 nitrogen and oxygen atoms in total. The topological polar surface area (TPSA) is 26.3 Å². The minimum atomic E-state index is 0.137. The van der Waals surface area contributed by atoms with Crippen LogP contribution in [0, 0.1) is 0 Å². The molecule has 0 heterocycles.